The van der Waals surface area contributed by atoms with Crippen LogP contribution >= 0.6 is 15.9 Å². The highest BCUT2D eigenvalue weighted by atomic mass is 79.9. The first-order chi connectivity index (χ1) is 11.6. The molecule has 2 heterocycles. The zero-order valence-electron chi connectivity index (χ0n) is 14.2. The second-order valence-electron chi connectivity index (χ2n) is 7.12. The summed E-state index contributed by atoms with van der Waals surface area (Å²) in [4.78, 5) is 15.1. The summed E-state index contributed by atoms with van der Waals surface area (Å²) < 4.78 is 8.98. The molecule has 0 N–H and O–H groups in total. The molecular formula is C19H23BrN2O2. The van der Waals surface area contributed by atoms with E-state index in [4.69, 9.17) is 4.42 Å². The van der Waals surface area contributed by atoms with Crippen LogP contribution in [0.1, 0.15) is 61.0 Å². The van der Waals surface area contributed by atoms with Crippen LogP contribution < -0.4 is 0 Å². The summed E-state index contributed by atoms with van der Waals surface area (Å²) in [6, 6.07) is 6.40. The number of rotatable bonds is 6. The molecule has 0 spiro atoms. The summed E-state index contributed by atoms with van der Waals surface area (Å²) in [6.45, 7) is 5.66. The second kappa shape index (κ2) is 6.10. The van der Waals surface area contributed by atoms with E-state index in [0.29, 0.717) is 18.5 Å². The van der Waals surface area contributed by atoms with E-state index < -0.39 is 0 Å². The highest BCUT2D eigenvalue weighted by Gasteiger charge is 2.38. The van der Waals surface area contributed by atoms with E-state index >= 15 is 0 Å². The normalized spacial score (nSPS) is 22.6. The van der Waals surface area contributed by atoms with Crippen molar-refractivity contribution in [3.05, 3.63) is 46.1 Å². The Morgan fingerprint density at radius 1 is 1.42 bits per heavy atom. The molecule has 128 valence electrons. The first kappa shape index (κ1) is 16.0. The van der Waals surface area contributed by atoms with Gasteiger partial charge in [-0.25, -0.2) is 0 Å². The fraction of sp³-hybridized carbons (Fsp3) is 0.526. The Morgan fingerprint density at radius 3 is 2.79 bits per heavy atom. The van der Waals surface area contributed by atoms with Crippen LogP contribution in [0.15, 0.2) is 33.3 Å². The molecule has 5 heteroatoms. The molecule has 2 aromatic rings. The zero-order valence-corrected chi connectivity index (χ0v) is 15.8. The Labute approximate surface area is 150 Å². The topological polar surface area (TPSA) is 38.4 Å². The van der Waals surface area contributed by atoms with Crippen LogP contribution in [0.25, 0.3) is 0 Å². The van der Waals surface area contributed by atoms with Crippen LogP contribution in [-0.4, -0.2) is 21.4 Å². The van der Waals surface area contributed by atoms with Gasteiger partial charge in [0.1, 0.15) is 17.2 Å². The third kappa shape index (κ3) is 3.06. The van der Waals surface area contributed by atoms with Gasteiger partial charge in [0, 0.05) is 29.2 Å². The molecule has 4 rings (SSSR count). The van der Waals surface area contributed by atoms with Crippen LogP contribution in [0.4, 0.5) is 0 Å². The van der Waals surface area contributed by atoms with Crippen molar-refractivity contribution in [2.24, 2.45) is 5.92 Å². The maximum Gasteiger partial charge on any atom is 0.271 e. The minimum atomic E-state index is 0.0998. The maximum absolute atomic E-state index is 13.1. The van der Waals surface area contributed by atoms with E-state index in [1.807, 2.05) is 27.8 Å². The van der Waals surface area contributed by atoms with Gasteiger partial charge in [0.05, 0.1) is 6.54 Å². The van der Waals surface area contributed by atoms with E-state index in [-0.39, 0.29) is 5.91 Å². The summed E-state index contributed by atoms with van der Waals surface area (Å²) in [7, 11) is 0. The average Bonchev–Trinajstić information content (AvgIpc) is 3.45. The van der Waals surface area contributed by atoms with Crippen molar-refractivity contribution < 1.29 is 9.21 Å². The highest BCUT2D eigenvalue weighted by molar-refractivity contribution is 9.10. The quantitative estimate of drug-likeness (QED) is 0.710. The Bertz CT molecular complexity index is 759. The molecule has 4 nitrogen and oxygen atoms in total. The van der Waals surface area contributed by atoms with E-state index in [1.54, 1.807) is 0 Å². The second-order valence-corrected chi connectivity index (χ2v) is 8.03. The predicted octanol–water partition coefficient (Wildman–Crippen LogP) is 4.79. The Morgan fingerprint density at radius 2 is 2.17 bits per heavy atom. The van der Waals surface area contributed by atoms with Crippen LogP contribution in [0.3, 0.4) is 0 Å². The largest absolute Gasteiger partial charge is 0.464 e. The summed E-state index contributed by atoms with van der Waals surface area (Å²) in [5, 5.41) is 0. The number of hydrogen-bond acceptors (Lipinski definition) is 2. The first-order valence-electron chi connectivity index (χ1n) is 8.82. The van der Waals surface area contributed by atoms with Crippen LogP contribution in [0, 0.1) is 5.92 Å². The minimum Gasteiger partial charge on any atom is -0.464 e. The van der Waals surface area contributed by atoms with Gasteiger partial charge >= 0.3 is 0 Å². The fourth-order valence-corrected chi connectivity index (χ4v) is 3.84. The summed E-state index contributed by atoms with van der Waals surface area (Å²) in [6.07, 6.45) is 5.37. The predicted molar refractivity (Wildman–Crippen MR) is 95.9 cm³/mol. The van der Waals surface area contributed by atoms with E-state index in [0.717, 1.165) is 47.0 Å². The Hall–Kier alpha value is -1.49. The minimum absolute atomic E-state index is 0.0998. The van der Waals surface area contributed by atoms with Gasteiger partial charge in [-0.15, -0.1) is 0 Å². The molecule has 2 atom stereocenters. The lowest BCUT2D eigenvalue weighted by molar-refractivity contribution is 0.0706. The van der Waals surface area contributed by atoms with Crippen molar-refractivity contribution in [2.45, 2.75) is 58.2 Å². The van der Waals surface area contributed by atoms with Crippen molar-refractivity contribution in [1.82, 2.24) is 9.47 Å². The van der Waals surface area contributed by atoms with Crippen molar-refractivity contribution in [3.63, 3.8) is 0 Å². The molecule has 2 aromatic heterocycles. The summed E-state index contributed by atoms with van der Waals surface area (Å²) in [5.74, 6) is 3.40. The number of carbonyl (C=O) groups is 1. The first-order valence-corrected chi connectivity index (χ1v) is 9.61. The van der Waals surface area contributed by atoms with Crippen LogP contribution in [0.2, 0.25) is 0 Å². The van der Waals surface area contributed by atoms with E-state index in [2.05, 4.69) is 35.8 Å². The molecule has 0 aromatic carbocycles. The molecule has 2 aliphatic rings. The molecule has 0 saturated heterocycles. The lowest BCUT2D eigenvalue weighted by atomic mass is 10.2. The molecule has 2 unspecified atom stereocenters. The number of furan rings is 1. The summed E-state index contributed by atoms with van der Waals surface area (Å²) >= 11 is 3.48. The number of hydrogen-bond donors (Lipinski definition) is 0. The average molecular weight is 391 g/mol. The zero-order chi connectivity index (χ0) is 16.8. The Kier molecular flexibility index (Phi) is 4.07. The smallest absolute Gasteiger partial charge is 0.271 e. The molecule has 2 fully saturated rings. The van der Waals surface area contributed by atoms with Crippen molar-refractivity contribution in [3.8, 4) is 0 Å². The van der Waals surface area contributed by atoms with Gasteiger partial charge in [-0.3, -0.25) is 4.79 Å². The number of carbonyl (C=O) groups excluding carboxylic acids is 1. The van der Waals surface area contributed by atoms with Gasteiger partial charge in [0.2, 0.25) is 0 Å². The molecule has 0 bridgehead atoms. The van der Waals surface area contributed by atoms with Crippen molar-refractivity contribution in [1.29, 1.82) is 0 Å². The third-order valence-corrected chi connectivity index (χ3v) is 5.59. The SMILES string of the molecule is CCn1cc(Br)cc1C(=O)N(Cc1ccc(C2CC2C)o1)C1CC1. The molecule has 24 heavy (non-hydrogen) atoms. The Balaban J connectivity index is 1.53. The van der Waals surface area contributed by atoms with Gasteiger partial charge in [0.25, 0.3) is 5.91 Å². The molecule has 2 aliphatic carbocycles. The summed E-state index contributed by atoms with van der Waals surface area (Å²) in [5.41, 5.74) is 0.749. The lowest BCUT2D eigenvalue weighted by Crippen LogP contribution is -2.33. The van der Waals surface area contributed by atoms with Crippen LogP contribution in [0.5, 0.6) is 0 Å². The monoisotopic (exact) mass is 390 g/mol. The van der Waals surface area contributed by atoms with Crippen LogP contribution in [-0.2, 0) is 13.1 Å². The van der Waals surface area contributed by atoms with Crippen molar-refractivity contribution >= 4 is 21.8 Å². The van der Waals surface area contributed by atoms with Gasteiger partial charge in [0.15, 0.2) is 0 Å². The number of nitrogens with zero attached hydrogens (tertiary/aromatic N) is 2. The number of aromatic nitrogens is 1. The molecule has 0 aliphatic heterocycles. The molecular weight excluding hydrogens is 368 g/mol. The van der Waals surface area contributed by atoms with Crippen molar-refractivity contribution in [2.75, 3.05) is 0 Å². The standard InChI is InChI=1S/C19H23BrN2O2/c1-3-21-10-13(20)9-17(21)19(23)22(14-4-5-14)11-15-6-7-18(24-15)16-8-12(16)2/h6-7,9-10,12,14,16H,3-5,8,11H2,1-2H3. The maximum atomic E-state index is 13.1. The fourth-order valence-electron chi connectivity index (χ4n) is 3.38. The van der Waals surface area contributed by atoms with Gasteiger partial charge in [-0.1, -0.05) is 6.92 Å². The lowest BCUT2D eigenvalue weighted by Gasteiger charge is -2.22. The number of amides is 1. The number of halogens is 1. The molecule has 0 radical (unpaired) electrons. The van der Waals surface area contributed by atoms with Gasteiger partial charge in [-0.05, 0) is 66.2 Å². The van der Waals surface area contributed by atoms with E-state index in [9.17, 15) is 4.79 Å². The van der Waals surface area contributed by atoms with Gasteiger partial charge in [-0.2, -0.15) is 0 Å². The molecule has 2 saturated carbocycles. The highest BCUT2D eigenvalue weighted by Crippen LogP contribution is 2.47. The van der Waals surface area contributed by atoms with E-state index in [1.165, 1.54) is 6.42 Å². The molecule has 1 amide bonds. The number of aryl methyl sites for hydroxylation is 1. The van der Waals surface area contributed by atoms with Gasteiger partial charge < -0.3 is 13.9 Å². The third-order valence-electron chi connectivity index (χ3n) is 5.16.